The number of hydrazone groups is 1. The van der Waals surface area contributed by atoms with Crippen molar-refractivity contribution in [3.05, 3.63) is 97.4 Å². The van der Waals surface area contributed by atoms with Crippen LogP contribution in [-0.4, -0.2) is 10.7 Å². The van der Waals surface area contributed by atoms with Crippen LogP contribution >= 0.6 is 39.1 Å². The molecule has 5 rings (SSSR count). The van der Waals surface area contributed by atoms with E-state index in [1.54, 1.807) is 6.07 Å². The van der Waals surface area contributed by atoms with E-state index in [1.807, 2.05) is 29.3 Å². The van der Waals surface area contributed by atoms with Gasteiger partial charge in [0.2, 0.25) is 6.23 Å². The number of ether oxygens (including phenoxy) is 1. The molecule has 0 bridgehead atoms. The Morgan fingerprint density at radius 3 is 2.55 bits per heavy atom. The molecule has 6 heteroatoms. The SMILES string of the molecule is Cc1ccc(C2=NN3[C@H](C2)c2cc(Br)ccc2O[C@@H]3c2ccc(Cl)cc2Cl)cc1. The molecular formula is C23H17BrCl2N2O. The first-order valence-corrected chi connectivity index (χ1v) is 10.9. The topological polar surface area (TPSA) is 24.8 Å². The molecule has 0 aromatic heterocycles. The molecule has 0 fully saturated rings. The van der Waals surface area contributed by atoms with Gasteiger partial charge in [-0.1, -0.05) is 75.0 Å². The van der Waals surface area contributed by atoms with E-state index in [-0.39, 0.29) is 6.04 Å². The molecule has 2 aliphatic rings. The molecule has 0 radical (unpaired) electrons. The van der Waals surface area contributed by atoms with Crippen LogP contribution in [0.4, 0.5) is 0 Å². The number of aryl methyl sites for hydroxylation is 1. The van der Waals surface area contributed by atoms with Crippen molar-refractivity contribution in [1.29, 1.82) is 0 Å². The third-order valence-corrected chi connectivity index (χ3v) is 6.42. The van der Waals surface area contributed by atoms with Crippen LogP contribution in [0.5, 0.6) is 5.75 Å². The summed E-state index contributed by atoms with van der Waals surface area (Å²) in [7, 11) is 0. The molecule has 29 heavy (non-hydrogen) atoms. The Hall–Kier alpha value is -2.01. The van der Waals surface area contributed by atoms with Gasteiger partial charge in [0.25, 0.3) is 0 Å². The molecule has 2 atom stereocenters. The predicted octanol–water partition coefficient (Wildman–Crippen LogP) is 7.31. The van der Waals surface area contributed by atoms with Gasteiger partial charge in [0.1, 0.15) is 5.75 Å². The van der Waals surface area contributed by atoms with E-state index in [9.17, 15) is 0 Å². The minimum atomic E-state index is -0.415. The Morgan fingerprint density at radius 1 is 1.00 bits per heavy atom. The third kappa shape index (κ3) is 3.43. The minimum Gasteiger partial charge on any atom is -0.464 e. The minimum absolute atomic E-state index is 0.0734. The second-order valence-electron chi connectivity index (χ2n) is 7.33. The fourth-order valence-corrected chi connectivity index (χ4v) is 4.77. The Balaban J connectivity index is 1.62. The quantitative estimate of drug-likeness (QED) is 0.378. The van der Waals surface area contributed by atoms with Gasteiger partial charge in [-0.25, -0.2) is 5.01 Å². The van der Waals surface area contributed by atoms with Gasteiger partial charge in [-0.15, -0.1) is 0 Å². The molecule has 0 spiro atoms. The maximum atomic E-state index is 6.53. The molecule has 146 valence electrons. The van der Waals surface area contributed by atoms with E-state index in [1.165, 1.54) is 5.56 Å². The Morgan fingerprint density at radius 2 is 1.79 bits per heavy atom. The molecule has 0 saturated carbocycles. The fourth-order valence-electron chi connectivity index (χ4n) is 3.89. The largest absolute Gasteiger partial charge is 0.464 e. The zero-order valence-electron chi connectivity index (χ0n) is 15.6. The molecular weight excluding hydrogens is 471 g/mol. The average molecular weight is 488 g/mol. The summed E-state index contributed by atoms with van der Waals surface area (Å²) in [5.74, 6) is 0.853. The summed E-state index contributed by atoms with van der Waals surface area (Å²) in [6, 6.07) is 20.1. The van der Waals surface area contributed by atoms with Crippen LogP contribution in [0.15, 0.2) is 70.2 Å². The van der Waals surface area contributed by atoms with Crippen molar-refractivity contribution >= 4 is 44.8 Å². The third-order valence-electron chi connectivity index (χ3n) is 5.37. The average Bonchev–Trinajstić information content (AvgIpc) is 3.14. The van der Waals surface area contributed by atoms with E-state index < -0.39 is 6.23 Å². The summed E-state index contributed by atoms with van der Waals surface area (Å²) < 4.78 is 7.40. The summed E-state index contributed by atoms with van der Waals surface area (Å²) in [4.78, 5) is 0. The highest BCUT2D eigenvalue weighted by molar-refractivity contribution is 9.10. The van der Waals surface area contributed by atoms with E-state index in [4.69, 9.17) is 33.0 Å². The maximum Gasteiger partial charge on any atom is 0.215 e. The van der Waals surface area contributed by atoms with Crippen LogP contribution in [-0.2, 0) is 0 Å². The highest BCUT2D eigenvalue weighted by Gasteiger charge is 2.41. The van der Waals surface area contributed by atoms with Crippen LogP contribution in [0, 0.1) is 6.92 Å². The number of hydrogen-bond donors (Lipinski definition) is 0. The van der Waals surface area contributed by atoms with Gasteiger partial charge in [0.05, 0.1) is 16.8 Å². The first kappa shape index (κ1) is 19.0. The molecule has 2 aliphatic heterocycles. The van der Waals surface area contributed by atoms with Crippen LogP contribution < -0.4 is 4.74 Å². The number of fused-ring (bicyclic) bond motifs is 3. The van der Waals surface area contributed by atoms with Gasteiger partial charge in [-0.3, -0.25) is 0 Å². The van der Waals surface area contributed by atoms with Gasteiger partial charge >= 0.3 is 0 Å². The van der Waals surface area contributed by atoms with E-state index in [0.29, 0.717) is 10.0 Å². The van der Waals surface area contributed by atoms with Crippen molar-refractivity contribution < 1.29 is 4.74 Å². The summed E-state index contributed by atoms with van der Waals surface area (Å²) in [6.07, 6.45) is 0.388. The van der Waals surface area contributed by atoms with Gasteiger partial charge < -0.3 is 4.74 Å². The highest BCUT2D eigenvalue weighted by atomic mass is 79.9. The van der Waals surface area contributed by atoms with Crippen LogP contribution in [0.1, 0.15) is 40.9 Å². The van der Waals surface area contributed by atoms with Crippen LogP contribution in [0.3, 0.4) is 0 Å². The molecule has 2 heterocycles. The maximum absolute atomic E-state index is 6.53. The van der Waals surface area contributed by atoms with Crippen LogP contribution in [0.2, 0.25) is 10.0 Å². The summed E-state index contributed by atoms with van der Waals surface area (Å²) in [5.41, 5.74) is 5.37. The lowest BCUT2D eigenvalue weighted by Gasteiger charge is -2.38. The van der Waals surface area contributed by atoms with Crippen molar-refractivity contribution in [2.45, 2.75) is 25.6 Å². The smallest absolute Gasteiger partial charge is 0.215 e. The fraction of sp³-hybridized carbons (Fsp3) is 0.174. The highest BCUT2D eigenvalue weighted by Crippen LogP contribution is 2.49. The lowest BCUT2D eigenvalue weighted by Crippen LogP contribution is -2.33. The summed E-state index contributed by atoms with van der Waals surface area (Å²) in [5, 5.41) is 8.17. The number of halogens is 3. The van der Waals surface area contributed by atoms with Crippen molar-refractivity contribution in [3.8, 4) is 5.75 Å². The molecule has 0 unspecified atom stereocenters. The number of benzene rings is 3. The number of rotatable bonds is 2. The molecule has 3 aromatic rings. The van der Waals surface area contributed by atoms with Crippen LogP contribution in [0.25, 0.3) is 0 Å². The van der Waals surface area contributed by atoms with E-state index in [0.717, 1.165) is 39.0 Å². The zero-order valence-corrected chi connectivity index (χ0v) is 18.7. The molecule has 0 amide bonds. The summed E-state index contributed by atoms with van der Waals surface area (Å²) >= 11 is 16.2. The van der Waals surface area contributed by atoms with Gasteiger partial charge in [0, 0.05) is 27.0 Å². The van der Waals surface area contributed by atoms with E-state index in [2.05, 4.69) is 53.2 Å². The second kappa shape index (κ2) is 7.35. The normalized spacial score (nSPS) is 20.0. The number of hydrogen-bond acceptors (Lipinski definition) is 3. The van der Waals surface area contributed by atoms with Gasteiger partial charge in [-0.2, -0.15) is 5.10 Å². The Kier molecular flexibility index (Phi) is 4.81. The lowest BCUT2D eigenvalue weighted by molar-refractivity contribution is -0.0190. The van der Waals surface area contributed by atoms with Crippen molar-refractivity contribution in [2.75, 3.05) is 0 Å². The monoisotopic (exact) mass is 486 g/mol. The second-order valence-corrected chi connectivity index (χ2v) is 9.09. The van der Waals surface area contributed by atoms with Crippen molar-refractivity contribution in [1.82, 2.24) is 5.01 Å². The molecule has 0 saturated heterocycles. The van der Waals surface area contributed by atoms with Gasteiger partial charge in [-0.05, 0) is 42.8 Å². The van der Waals surface area contributed by atoms with E-state index >= 15 is 0 Å². The van der Waals surface area contributed by atoms with Gasteiger partial charge in [0.15, 0.2) is 0 Å². The standard InChI is InChI=1S/C23H17BrCl2N2O/c1-13-2-4-14(5-3-13)20-12-21-18-10-15(24)6-9-22(18)29-23(28(21)27-20)17-8-7-16(25)11-19(17)26/h2-11,21,23H,12H2,1H3/t21-,23-/m1/s1. The Bertz CT molecular complexity index is 1130. The van der Waals surface area contributed by atoms with Crippen molar-refractivity contribution in [3.63, 3.8) is 0 Å². The predicted molar refractivity (Wildman–Crippen MR) is 121 cm³/mol. The zero-order chi connectivity index (χ0) is 20.1. The Labute approximate surface area is 188 Å². The lowest BCUT2D eigenvalue weighted by atomic mass is 9.95. The number of nitrogens with zero attached hydrogens (tertiary/aromatic N) is 2. The molecule has 3 nitrogen and oxygen atoms in total. The first-order chi connectivity index (χ1) is 14.0. The summed E-state index contributed by atoms with van der Waals surface area (Å²) in [6.45, 7) is 2.09. The van der Waals surface area contributed by atoms with Crippen molar-refractivity contribution in [2.24, 2.45) is 5.10 Å². The molecule has 0 aliphatic carbocycles. The first-order valence-electron chi connectivity index (χ1n) is 9.33. The molecule has 3 aromatic carbocycles. The molecule has 0 N–H and O–H groups in total.